The number of nitrogens with two attached hydrogens (primary N) is 1. The van der Waals surface area contributed by atoms with Crippen LogP contribution in [0.5, 0.6) is 5.75 Å². The van der Waals surface area contributed by atoms with Crippen LogP contribution in [-0.2, 0) is 4.79 Å². The second kappa shape index (κ2) is 5.39. The third kappa shape index (κ3) is 2.26. The van der Waals surface area contributed by atoms with Crippen molar-refractivity contribution in [1.29, 1.82) is 0 Å². The van der Waals surface area contributed by atoms with Gasteiger partial charge in [0.05, 0.1) is 18.2 Å². The molecule has 0 spiro atoms. The highest BCUT2D eigenvalue weighted by molar-refractivity contribution is 6.32. The number of carbonyl (C=O) groups excluding carboxylic acids is 1. The van der Waals surface area contributed by atoms with Gasteiger partial charge in [-0.3, -0.25) is 4.79 Å². The molecule has 3 rings (SSSR count). The molecular formula is C16H15ClN2O2. The van der Waals surface area contributed by atoms with E-state index in [9.17, 15) is 4.79 Å². The Morgan fingerprint density at radius 2 is 1.90 bits per heavy atom. The highest BCUT2D eigenvalue weighted by atomic mass is 35.5. The largest absolute Gasteiger partial charge is 0.495 e. The van der Waals surface area contributed by atoms with Gasteiger partial charge in [-0.05, 0) is 23.8 Å². The number of β-lactam (4-membered cyclic amide) rings is 1. The molecule has 0 saturated carbocycles. The molecule has 2 N–H and O–H groups in total. The molecule has 2 aromatic rings. The molecule has 2 aromatic carbocycles. The number of benzene rings is 2. The summed E-state index contributed by atoms with van der Waals surface area (Å²) in [6.07, 6.45) is 0. The van der Waals surface area contributed by atoms with Gasteiger partial charge in [-0.1, -0.05) is 41.9 Å². The predicted octanol–water partition coefficient (Wildman–Crippen LogP) is 2.76. The van der Waals surface area contributed by atoms with Crippen LogP contribution in [0.15, 0.2) is 48.5 Å². The van der Waals surface area contributed by atoms with Crippen LogP contribution in [0.1, 0.15) is 11.6 Å². The number of amides is 1. The average molecular weight is 303 g/mol. The van der Waals surface area contributed by atoms with Gasteiger partial charge >= 0.3 is 0 Å². The number of hydrogen-bond acceptors (Lipinski definition) is 3. The summed E-state index contributed by atoms with van der Waals surface area (Å²) in [7, 11) is 1.55. The van der Waals surface area contributed by atoms with Crippen LogP contribution < -0.4 is 15.4 Å². The smallest absolute Gasteiger partial charge is 0.247 e. The summed E-state index contributed by atoms with van der Waals surface area (Å²) in [5, 5.41) is 0.468. The first-order valence-corrected chi connectivity index (χ1v) is 6.98. The van der Waals surface area contributed by atoms with Crippen LogP contribution in [0.3, 0.4) is 0 Å². The molecule has 108 valence electrons. The Morgan fingerprint density at radius 1 is 1.19 bits per heavy atom. The average Bonchev–Trinajstić information content (AvgIpc) is 2.52. The fraction of sp³-hybridized carbons (Fsp3) is 0.188. The van der Waals surface area contributed by atoms with E-state index in [4.69, 9.17) is 22.1 Å². The Morgan fingerprint density at radius 3 is 2.52 bits per heavy atom. The zero-order valence-electron chi connectivity index (χ0n) is 11.5. The van der Waals surface area contributed by atoms with Crippen molar-refractivity contribution >= 4 is 23.2 Å². The Balaban J connectivity index is 1.97. The lowest BCUT2D eigenvalue weighted by Crippen LogP contribution is -2.63. The van der Waals surface area contributed by atoms with Crippen molar-refractivity contribution in [1.82, 2.24) is 0 Å². The molecular weight excluding hydrogens is 288 g/mol. The van der Waals surface area contributed by atoms with Gasteiger partial charge in [0, 0.05) is 5.69 Å². The van der Waals surface area contributed by atoms with E-state index in [1.807, 2.05) is 36.4 Å². The molecule has 0 aromatic heterocycles. The maximum atomic E-state index is 12.1. The Bertz CT molecular complexity index is 675. The summed E-state index contributed by atoms with van der Waals surface area (Å²) in [6, 6.07) is 14.3. The maximum Gasteiger partial charge on any atom is 0.247 e. The number of carbonyl (C=O) groups is 1. The fourth-order valence-corrected chi connectivity index (χ4v) is 2.86. The molecule has 5 heteroatoms. The lowest BCUT2D eigenvalue weighted by molar-refractivity contribution is -0.126. The van der Waals surface area contributed by atoms with Crippen molar-refractivity contribution in [3.05, 3.63) is 59.1 Å². The molecule has 1 saturated heterocycles. The molecule has 21 heavy (non-hydrogen) atoms. The molecule has 1 amide bonds. The molecule has 0 bridgehead atoms. The van der Waals surface area contributed by atoms with E-state index in [-0.39, 0.29) is 11.9 Å². The third-order valence-electron chi connectivity index (χ3n) is 3.70. The normalized spacial score (nSPS) is 21.1. The SMILES string of the molecule is COc1ccc(N2C(=O)[C@@H](N)[C@H]2c2ccccc2)cc1Cl. The molecule has 0 aliphatic carbocycles. The molecule has 1 aliphatic rings. The van der Waals surface area contributed by atoms with E-state index >= 15 is 0 Å². The molecule has 1 heterocycles. The summed E-state index contributed by atoms with van der Waals surface area (Å²) < 4.78 is 5.13. The Hall–Kier alpha value is -2.04. The van der Waals surface area contributed by atoms with Crippen molar-refractivity contribution in [3.8, 4) is 5.75 Å². The van der Waals surface area contributed by atoms with Crippen LogP contribution in [0.2, 0.25) is 5.02 Å². The van der Waals surface area contributed by atoms with Gasteiger partial charge in [-0.2, -0.15) is 0 Å². The first kappa shape index (κ1) is 13.9. The number of ether oxygens (including phenoxy) is 1. The number of rotatable bonds is 3. The molecule has 4 nitrogen and oxygen atoms in total. The first-order chi connectivity index (χ1) is 10.1. The van der Waals surface area contributed by atoms with Crippen LogP contribution in [0.25, 0.3) is 0 Å². The van der Waals surface area contributed by atoms with Gasteiger partial charge in [-0.15, -0.1) is 0 Å². The van der Waals surface area contributed by atoms with Crippen LogP contribution in [-0.4, -0.2) is 19.1 Å². The minimum atomic E-state index is -0.520. The summed E-state index contributed by atoms with van der Waals surface area (Å²) in [4.78, 5) is 13.8. The lowest BCUT2D eigenvalue weighted by Gasteiger charge is -2.45. The fourth-order valence-electron chi connectivity index (χ4n) is 2.61. The minimum absolute atomic E-state index is 0.106. The molecule has 0 unspecified atom stereocenters. The second-order valence-corrected chi connectivity index (χ2v) is 5.32. The van der Waals surface area contributed by atoms with Crippen molar-refractivity contribution in [2.45, 2.75) is 12.1 Å². The van der Waals surface area contributed by atoms with Gasteiger partial charge in [0.15, 0.2) is 0 Å². The number of halogens is 1. The summed E-state index contributed by atoms with van der Waals surface area (Å²) in [6.45, 7) is 0. The lowest BCUT2D eigenvalue weighted by atomic mass is 9.88. The second-order valence-electron chi connectivity index (χ2n) is 4.91. The monoisotopic (exact) mass is 302 g/mol. The summed E-state index contributed by atoms with van der Waals surface area (Å²) in [5.74, 6) is 0.471. The van der Waals surface area contributed by atoms with E-state index in [0.29, 0.717) is 10.8 Å². The van der Waals surface area contributed by atoms with Gasteiger partial charge in [0.2, 0.25) is 5.91 Å². The number of anilines is 1. The topological polar surface area (TPSA) is 55.6 Å². The van der Waals surface area contributed by atoms with Crippen molar-refractivity contribution in [2.24, 2.45) is 5.73 Å². The molecule has 0 radical (unpaired) electrons. The maximum absolute atomic E-state index is 12.1. The third-order valence-corrected chi connectivity index (χ3v) is 3.99. The van der Waals surface area contributed by atoms with Crippen molar-refractivity contribution in [2.75, 3.05) is 12.0 Å². The standard InChI is InChI=1S/C16H15ClN2O2/c1-21-13-8-7-11(9-12(13)17)19-15(14(18)16(19)20)10-5-3-2-4-6-10/h2-9,14-15H,18H2,1H3/t14-,15+/m0/s1. The van der Waals surface area contributed by atoms with E-state index < -0.39 is 6.04 Å². The van der Waals surface area contributed by atoms with Gasteiger partial charge in [-0.25, -0.2) is 0 Å². The van der Waals surface area contributed by atoms with Crippen molar-refractivity contribution in [3.63, 3.8) is 0 Å². The van der Waals surface area contributed by atoms with E-state index in [1.54, 1.807) is 24.1 Å². The van der Waals surface area contributed by atoms with Gasteiger partial charge in [0.1, 0.15) is 11.8 Å². The van der Waals surface area contributed by atoms with Crippen molar-refractivity contribution < 1.29 is 9.53 Å². The zero-order chi connectivity index (χ0) is 15.0. The Labute approximate surface area is 128 Å². The molecule has 1 aliphatic heterocycles. The van der Waals surface area contributed by atoms with E-state index in [2.05, 4.69) is 0 Å². The molecule has 1 fully saturated rings. The minimum Gasteiger partial charge on any atom is -0.495 e. The zero-order valence-corrected chi connectivity index (χ0v) is 12.2. The van der Waals surface area contributed by atoms with Gasteiger partial charge in [0.25, 0.3) is 0 Å². The number of hydrogen-bond donors (Lipinski definition) is 1. The quantitative estimate of drug-likeness (QED) is 0.887. The van der Waals surface area contributed by atoms with E-state index in [0.717, 1.165) is 11.3 Å². The predicted molar refractivity (Wildman–Crippen MR) is 82.6 cm³/mol. The first-order valence-electron chi connectivity index (χ1n) is 6.60. The van der Waals surface area contributed by atoms with Crippen LogP contribution >= 0.6 is 11.6 Å². The van der Waals surface area contributed by atoms with E-state index in [1.165, 1.54) is 0 Å². The highest BCUT2D eigenvalue weighted by Crippen LogP contribution is 2.40. The highest BCUT2D eigenvalue weighted by Gasteiger charge is 2.46. The summed E-state index contributed by atoms with van der Waals surface area (Å²) in [5.41, 5.74) is 7.71. The Kier molecular flexibility index (Phi) is 3.57. The summed E-state index contributed by atoms with van der Waals surface area (Å²) >= 11 is 6.14. The molecule has 2 atom stereocenters. The van der Waals surface area contributed by atoms with Crippen LogP contribution in [0.4, 0.5) is 5.69 Å². The number of nitrogens with zero attached hydrogens (tertiary/aromatic N) is 1. The number of methoxy groups -OCH3 is 1. The van der Waals surface area contributed by atoms with Crippen LogP contribution in [0, 0.1) is 0 Å². The van der Waals surface area contributed by atoms with Gasteiger partial charge < -0.3 is 15.4 Å².